The van der Waals surface area contributed by atoms with E-state index in [1.54, 1.807) is 6.07 Å². The maximum absolute atomic E-state index is 11.2. The van der Waals surface area contributed by atoms with Gasteiger partial charge in [0.15, 0.2) is 5.75 Å². The Bertz CT molecular complexity index is 368. The predicted molar refractivity (Wildman–Crippen MR) is 60.3 cm³/mol. The normalized spacial score (nSPS) is 9.88. The number of carbonyl (C=O) groups is 1. The van der Waals surface area contributed by atoms with Crippen molar-refractivity contribution in [3.05, 3.63) is 12.3 Å². The van der Waals surface area contributed by atoms with Crippen LogP contribution in [-0.4, -0.2) is 31.2 Å². The highest BCUT2D eigenvalue weighted by atomic mass is 16.5. The topological polar surface area (TPSA) is 86.5 Å². The molecule has 88 valence electrons. The number of hydrogen-bond acceptors (Lipinski definition) is 5. The Balaban J connectivity index is 2.69. The minimum absolute atomic E-state index is 0.0191. The molecule has 1 heterocycles. The van der Waals surface area contributed by atoms with Gasteiger partial charge in [0, 0.05) is 13.2 Å². The molecule has 0 saturated heterocycles. The number of carbonyl (C=O) groups excluding carboxylic acids is 1. The highest BCUT2D eigenvalue weighted by Gasteiger charge is 2.06. The van der Waals surface area contributed by atoms with Crippen LogP contribution >= 0.6 is 0 Å². The van der Waals surface area contributed by atoms with E-state index >= 15 is 0 Å². The Morgan fingerprint density at radius 1 is 1.62 bits per heavy atom. The van der Waals surface area contributed by atoms with Crippen molar-refractivity contribution in [1.29, 1.82) is 0 Å². The van der Waals surface area contributed by atoms with E-state index in [1.807, 2.05) is 6.92 Å². The zero-order valence-electron chi connectivity index (χ0n) is 9.32. The third-order valence-electron chi connectivity index (χ3n) is 1.74. The average Bonchev–Trinajstić information content (AvgIpc) is 2.22. The molecule has 0 aliphatic rings. The second-order valence-electron chi connectivity index (χ2n) is 3.02. The van der Waals surface area contributed by atoms with Gasteiger partial charge >= 0.3 is 0 Å². The SMILES string of the molecule is CCOc1cnc(NC(=O)COC)cc1N. The van der Waals surface area contributed by atoms with Crippen molar-refractivity contribution in [2.24, 2.45) is 0 Å². The first-order valence-corrected chi connectivity index (χ1v) is 4.84. The van der Waals surface area contributed by atoms with Crippen LogP contribution in [0.1, 0.15) is 6.92 Å². The Kier molecular flexibility index (Phi) is 4.53. The van der Waals surface area contributed by atoms with Gasteiger partial charge in [-0.2, -0.15) is 0 Å². The first kappa shape index (κ1) is 12.3. The van der Waals surface area contributed by atoms with Crippen LogP contribution in [0.4, 0.5) is 11.5 Å². The number of nitrogen functional groups attached to an aromatic ring is 1. The number of anilines is 2. The number of nitrogens with two attached hydrogens (primary N) is 1. The number of amides is 1. The summed E-state index contributed by atoms with van der Waals surface area (Å²) >= 11 is 0. The number of hydrogen-bond donors (Lipinski definition) is 2. The molecule has 0 spiro atoms. The van der Waals surface area contributed by atoms with Gasteiger partial charge in [0.2, 0.25) is 0 Å². The van der Waals surface area contributed by atoms with Gasteiger partial charge in [0.1, 0.15) is 12.4 Å². The maximum atomic E-state index is 11.2. The minimum atomic E-state index is -0.279. The molecule has 6 heteroatoms. The van der Waals surface area contributed by atoms with Crippen LogP contribution in [0, 0.1) is 0 Å². The number of pyridine rings is 1. The summed E-state index contributed by atoms with van der Waals surface area (Å²) in [4.78, 5) is 15.2. The van der Waals surface area contributed by atoms with E-state index in [0.29, 0.717) is 23.9 Å². The molecular formula is C10H15N3O3. The summed E-state index contributed by atoms with van der Waals surface area (Å²) in [6, 6.07) is 1.54. The van der Waals surface area contributed by atoms with Crippen LogP contribution in [0.5, 0.6) is 5.75 Å². The molecule has 0 aliphatic carbocycles. The zero-order chi connectivity index (χ0) is 12.0. The molecule has 6 nitrogen and oxygen atoms in total. The standard InChI is InChI=1S/C10H15N3O3/c1-3-16-8-5-12-9(4-7(8)11)13-10(14)6-15-2/h4-5H,3,6H2,1-2H3,(H3,11,12,13,14). The Labute approximate surface area is 93.8 Å². The van der Waals surface area contributed by atoms with Crippen LogP contribution in [0.15, 0.2) is 12.3 Å². The largest absolute Gasteiger partial charge is 0.490 e. The molecule has 0 bridgehead atoms. The number of nitrogens with zero attached hydrogens (tertiary/aromatic N) is 1. The van der Waals surface area contributed by atoms with E-state index in [2.05, 4.69) is 15.0 Å². The lowest BCUT2D eigenvalue weighted by atomic mass is 10.3. The van der Waals surface area contributed by atoms with Crippen molar-refractivity contribution >= 4 is 17.4 Å². The van der Waals surface area contributed by atoms with Crippen molar-refractivity contribution in [3.8, 4) is 5.75 Å². The second kappa shape index (κ2) is 5.92. The molecule has 0 aromatic carbocycles. The summed E-state index contributed by atoms with van der Waals surface area (Å²) in [6.07, 6.45) is 1.47. The third kappa shape index (κ3) is 3.39. The van der Waals surface area contributed by atoms with Gasteiger partial charge in [0.25, 0.3) is 5.91 Å². The molecule has 0 aliphatic heterocycles. The maximum Gasteiger partial charge on any atom is 0.251 e. The van der Waals surface area contributed by atoms with Crippen molar-refractivity contribution in [2.75, 3.05) is 31.4 Å². The van der Waals surface area contributed by atoms with Gasteiger partial charge in [-0.1, -0.05) is 0 Å². The summed E-state index contributed by atoms with van der Waals surface area (Å²) in [5.74, 6) is 0.605. The molecule has 0 fully saturated rings. The van der Waals surface area contributed by atoms with Gasteiger partial charge in [0.05, 0.1) is 18.5 Å². The van der Waals surface area contributed by atoms with Gasteiger partial charge in [-0.3, -0.25) is 4.79 Å². The van der Waals surface area contributed by atoms with Crippen molar-refractivity contribution in [1.82, 2.24) is 4.98 Å². The highest BCUT2D eigenvalue weighted by molar-refractivity contribution is 5.91. The highest BCUT2D eigenvalue weighted by Crippen LogP contribution is 2.22. The van der Waals surface area contributed by atoms with Crippen LogP contribution in [0.25, 0.3) is 0 Å². The molecule has 1 aromatic rings. The Morgan fingerprint density at radius 3 is 2.94 bits per heavy atom. The van der Waals surface area contributed by atoms with E-state index < -0.39 is 0 Å². The number of methoxy groups -OCH3 is 1. The first-order chi connectivity index (χ1) is 7.67. The average molecular weight is 225 g/mol. The lowest BCUT2D eigenvalue weighted by molar-refractivity contribution is -0.119. The number of ether oxygens (including phenoxy) is 2. The predicted octanol–water partition coefficient (Wildman–Crippen LogP) is 0.647. The Hall–Kier alpha value is -1.82. The van der Waals surface area contributed by atoms with Crippen LogP contribution in [0.3, 0.4) is 0 Å². The van der Waals surface area contributed by atoms with Gasteiger partial charge in [-0.15, -0.1) is 0 Å². The van der Waals surface area contributed by atoms with Gasteiger partial charge in [-0.05, 0) is 6.92 Å². The van der Waals surface area contributed by atoms with Crippen LogP contribution in [-0.2, 0) is 9.53 Å². The van der Waals surface area contributed by atoms with E-state index in [9.17, 15) is 4.79 Å². The summed E-state index contributed by atoms with van der Waals surface area (Å²) < 4.78 is 9.89. The quantitative estimate of drug-likeness (QED) is 0.768. The van der Waals surface area contributed by atoms with Gasteiger partial charge < -0.3 is 20.5 Å². The lowest BCUT2D eigenvalue weighted by Crippen LogP contribution is -2.18. The summed E-state index contributed by atoms with van der Waals surface area (Å²) in [5, 5.41) is 2.54. The van der Waals surface area contributed by atoms with E-state index in [-0.39, 0.29) is 12.5 Å². The molecule has 1 amide bonds. The molecular weight excluding hydrogens is 210 g/mol. The molecule has 16 heavy (non-hydrogen) atoms. The second-order valence-corrected chi connectivity index (χ2v) is 3.02. The molecule has 0 saturated carbocycles. The van der Waals surface area contributed by atoms with E-state index in [1.165, 1.54) is 13.3 Å². The molecule has 1 rings (SSSR count). The van der Waals surface area contributed by atoms with Crippen LogP contribution in [0.2, 0.25) is 0 Å². The number of nitrogens with one attached hydrogen (secondary N) is 1. The van der Waals surface area contributed by atoms with Crippen molar-refractivity contribution in [2.45, 2.75) is 6.92 Å². The Morgan fingerprint density at radius 2 is 2.38 bits per heavy atom. The van der Waals surface area contributed by atoms with E-state index in [4.69, 9.17) is 10.5 Å². The fourth-order valence-electron chi connectivity index (χ4n) is 1.11. The lowest BCUT2D eigenvalue weighted by Gasteiger charge is -2.08. The van der Waals surface area contributed by atoms with Crippen LogP contribution < -0.4 is 15.8 Å². The minimum Gasteiger partial charge on any atom is -0.490 e. The third-order valence-corrected chi connectivity index (χ3v) is 1.74. The summed E-state index contributed by atoms with van der Waals surface area (Å²) in [5.41, 5.74) is 6.14. The number of rotatable bonds is 5. The monoisotopic (exact) mass is 225 g/mol. The molecule has 0 radical (unpaired) electrons. The number of aromatic nitrogens is 1. The molecule has 1 aromatic heterocycles. The molecule has 0 unspecified atom stereocenters. The van der Waals surface area contributed by atoms with Crippen molar-refractivity contribution in [3.63, 3.8) is 0 Å². The van der Waals surface area contributed by atoms with Crippen molar-refractivity contribution < 1.29 is 14.3 Å². The first-order valence-electron chi connectivity index (χ1n) is 4.84. The van der Waals surface area contributed by atoms with Gasteiger partial charge in [-0.25, -0.2) is 4.98 Å². The molecule has 3 N–H and O–H groups in total. The molecule has 0 atom stereocenters. The zero-order valence-corrected chi connectivity index (χ0v) is 9.32. The fraction of sp³-hybridized carbons (Fsp3) is 0.400. The van der Waals surface area contributed by atoms with E-state index in [0.717, 1.165) is 0 Å². The summed E-state index contributed by atoms with van der Waals surface area (Å²) in [6.45, 7) is 2.35. The summed E-state index contributed by atoms with van der Waals surface area (Å²) in [7, 11) is 1.44. The smallest absolute Gasteiger partial charge is 0.251 e. The fourth-order valence-corrected chi connectivity index (χ4v) is 1.11.